The molecule has 3 aromatic rings. The number of rotatable bonds is 6. The summed E-state index contributed by atoms with van der Waals surface area (Å²) in [6.45, 7) is 0.675. The topological polar surface area (TPSA) is 65.8 Å². The number of benzene rings is 2. The largest absolute Gasteiger partial charge is 0.497 e. The third-order valence-corrected chi connectivity index (χ3v) is 6.57. The normalized spacial score (nSPS) is 15.7. The predicted molar refractivity (Wildman–Crippen MR) is 121 cm³/mol. The second kappa shape index (κ2) is 8.93. The maximum absolute atomic E-state index is 13.5. The minimum absolute atomic E-state index is 0.0547. The summed E-state index contributed by atoms with van der Waals surface area (Å²) in [4.78, 5) is 15.4. The van der Waals surface area contributed by atoms with Crippen molar-refractivity contribution in [3.63, 3.8) is 0 Å². The van der Waals surface area contributed by atoms with Gasteiger partial charge >= 0.3 is 0 Å². The molecular formula is C23H25N3O4S. The van der Waals surface area contributed by atoms with Crippen LogP contribution in [0.25, 0.3) is 11.3 Å². The van der Waals surface area contributed by atoms with E-state index in [9.17, 15) is 4.79 Å². The van der Waals surface area contributed by atoms with E-state index in [2.05, 4.69) is 5.10 Å². The molecule has 162 valence electrons. The zero-order chi connectivity index (χ0) is 22.0. The summed E-state index contributed by atoms with van der Waals surface area (Å²) in [6.07, 6.45) is 0. The summed E-state index contributed by atoms with van der Waals surface area (Å²) in [6, 6.07) is 15.2. The highest BCUT2D eigenvalue weighted by atomic mass is 32.2. The van der Waals surface area contributed by atoms with Crippen LogP contribution in [0.15, 0.2) is 48.5 Å². The van der Waals surface area contributed by atoms with Gasteiger partial charge < -0.3 is 19.1 Å². The van der Waals surface area contributed by atoms with Crippen LogP contribution in [0.3, 0.4) is 0 Å². The summed E-state index contributed by atoms with van der Waals surface area (Å²) in [5, 5.41) is 4.53. The molecule has 1 aromatic heterocycles. The quantitative estimate of drug-likeness (QED) is 0.578. The first-order chi connectivity index (χ1) is 15.0. The molecule has 2 heterocycles. The number of carbonyl (C=O) groups excluding carboxylic acids is 1. The molecule has 2 aromatic carbocycles. The van der Waals surface area contributed by atoms with E-state index in [4.69, 9.17) is 14.2 Å². The maximum Gasteiger partial charge on any atom is 0.273 e. The minimum atomic E-state index is -0.0627. The first kappa shape index (κ1) is 21.1. The van der Waals surface area contributed by atoms with E-state index in [0.717, 1.165) is 22.6 Å². The standard InChI is InChI=1S/C23H25N3O4S/c1-25-20(14-19(24-25)18-13-17(29-3)8-9-21(18)30-4)22(27)26-10-11-31-23(26)15-6-5-7-16(12-15)28-2/h5-9,12-14,23H,10-11H2,1-4H3/t23-/m0/s1. The number of ether oxygens (including phenoxy) is 3. The predicted octanol–water partition coefficient (Wildman–Crippen LogP) is 4.00. The molecular weight excluding hydrogens is 414 g/mol. The molecule has 0 N–H and O–H groups in total. The molecule has 1 fully saturated rings. The van der Waals surface area contributed by atoms with E-state index in [0.29, 0.717) is 29.4 Å². The molecule has 1 atom stereocenters. The summed E-state index contributed by atoms with van der Waals surface area (Å²) in [5.41, 5.74) is 3.00. The third-order valence-electron chi connectivity index (χ3n) is 5.31. The van der Waals surface area contributed by atoms with Crippen molar-refractivity contribution in [2.24, 2.45) is 7.05 Å². The summed E-state index contributed by atoms with van der Waals surface area (Å²) in [7, 11) is 6.66. The Bertz CT molecular complexity index is 1100. The van der Waals surface area contributed by atoms with Gasteiger partial charge in [0.1, 0.15) is 28.3 Å². The van der Waals surface area contributed by atoms with E-state index >= 15 is 0 Å². The lowest BCUT2D eigenvalue weighted by molar-refractivity contribution is 0.0749. The van der Waals surface area contributed by atoms with Gasteiger partial charge in [0, 0.05) is 24.9 Å². The van der Waals surface area contributed by atoms with Crippen molar-refractivity contribution >= 4 is 17.7 Å². The van der Waals surface area contributed by atoms with Crippen LogP contribution in [-0.2, 0) is 7.05 Å². The van der Waals surface area contributed by atoms with E-state index in [1.807, 2.05) is 53.4 Å². The van der Waals surface area contributed by atoms with Crippen LogP contribution >= 0.6 is 11.8 Å². The molecule has 0 aliphatic carbocycles. The first-order valence-corrected chi connectivity index (χ1v) is 10.9. The van der Waals surface area contributed by atoms with Crippen LogP contribution in [0.4, 0.5) is 0 Å². The minimum Gasteiger partial charge on any atom is -0.497 e. The Hall–Kier alpha value is -3.13. The lowest BCUT2D eigenvalue weighted by Gasteiger charge is -2.24. The van der Waals surface area contributed by atoms with Gasteiger partial charge in [0.2, 0.25) is 0 Å². The Kier molecular flexibility index (Phi) is 6.08. The van der Waals surface area contributed by atoms with Crippen molar-refractivity contribution in [3.8, 4) is 28.5 Å². The van der Waals surface area contributed by atoms with Crippen molar-refractivity contribution in [3.05, 3.63) is 59.8 Å². The fourth-order valence-corrected chi connectivity index (χ4v) is 4.96. The van der Waals surface area contributed by atoms with Crippen LogP contribution in [0.1, 0.15) is 21.4 Å². The highest BCUT2D eigenvalue weighted by Gasteiger charge is 2.33. The summed E-state index contributed by atoms with van der Waals surface area (Å²) < 4.78 is 17.8. The van der Waals surface area contributed by atoms with Gasteiger partial charge in [-0.15, -0.1) is 11.8 Å². The molecule has 4 rings (SSSR count). The van der Waals surface area contributed by atoms with Gasteiger partial charge in [0.15, 0.2) is 0 Å². The zero-order valence-electron chi connectivity index (χ0n) is 18.0. The zero-order valence-corrected chi connectivity index (χ0v) is 18.8. The SMILES string of the molecule is COc1cccc([C@@H]2SCCN2C(=O)c2cc(-c3cc(OC)ccc3OC)nn2C)c1. The van der Waals surface area contributed by atoms with Crippen LogP contribution in [0, 0.1) is 0 Å². The van der Waals surface area contributed by atoms with Crippen molar-refractivity contribution in [2.75, 3.05) is 33.6 Å². The number of carbonyl (C=O) groups is 1. The molecule has 31 heavy (non-hydrogen) atoms. The van der Waals surface area contributed by atoms with Crippen LogP contribution in [-0.4, -0.2) is 54.2 Å². The van der Waals surface area contributed by atoms with Crippen LogP contribution in [0.2, 0.25) is 0 Å². The number of hydrogen-bond donors (Lipinski definition) is 0. The smallest absolute Gasteiger partial charge is 0.273 e. The van der Waals surface area contributed by atoms with Gasteiger partial charge in [0.25, 0.3) is 5.91 Å². The average Bonchev–Trinajstić information content (AvgIpc) is 3.45. The van der Waals surface area contributed by atoms with Gasteiger partial charge in [-0.05, 0) is 42.0 Å². The Morgan fingerprint density at radius 1 is 1.03 bits per heavy atom. The highest BCUT2D eigenvalue weighted by Crippen LogP contribution is 2.40. The van der Waals surface area contributed by atoms with Gasteiger partial charge in [-0.2, -0.15) is 5.10 Å². The van der Waals surface area contributed by atoms with Crippen LogP contribution < -0.4 is 14.2 Å². The Labute approximate surface area is 185 Å². The molecule has 0 unspecified atom stereocenters. The van der Waals surface area contributed by atoms with E-state index in [1.54, 1.807) is 44.8 Å². The molecule has 0 spiro atoms. The summed E-state index contributed by atoms with van der Waals surface area (Å²) in [5.74, 6) is 2.97. The van der Waals surface area contributed by atoms with Crippen molar-refractivity contribution < 1.29 is 19.0 Å². The maximum atomic E-state index is 13.5. The van der Waals surface area contributed by atoms with E-state index in [-0.39, 0.29) is 11.3 Å². The number of thioether (sulfide) groups is 1. The van der Waals surface area contributed by atoms with Crippen molar-refractivity contribution in [1.29, 1.82) is 0 Å². The van der Waals surface area contributed by atoms with Gasteiger partial charge in [-0.25, -0.2) is 0 Å². The Morgan fingerprint density at radius 3 is 2.55 bits per heavy atom. The molecule has 0 radical (unpaired) electrons. The highest BCUT2D eigenvalue weighted by molar-refractivity contribution is 7.99. The second-order valence-corrected chi connectivity index (χ2v) is 8.29. The molecule has 1 aliphatic rings. The first-order valence-electron chi connectivity index (χ1n) is 9.88. The second-order valence-electron chi connectivity index (χ2n) is 7.10. The third kappa shape index (κ3) is 4.07. The molecule has 7 nitrogen and oxygen atoms in total. The molecule has 1 saturated heterocycles. The average molecular weight is 440 g/mol. The number of amides is 1. The Morgan fingerprint density at radius 2 is 1.81 bits per heavy atom. The van der Waals surface area contributed by atoms with E-state index in [1.165, 1.54) is 0 Å². The number of aromatic nitrogens is 2. The number of aryl methyl sites for hydroxylation is 1. The molecule has 1 aliphatic heterocycles. The molecule has 8 heteroatoms. The Balaban J connectivity index is 1.66. The number of nitrogens with zero attached hydrogens (tertiary/aromatic N) is 3. The fourth-order valence-electron chi connectivity index (χ4n) is 3.71. The summed E-state index contributed by atoms with van der Waals surface area (Å²) >= 11 is 1.75. The van der Waals surface area contributed by atoms with Gasteiger partial charge in [-0.3, -0.25) is 9.48 Å². The molecule has 1 amide bonds. The monoisotopic (exact) mass is 439 g/mol. The van der Waals surface area contributed by atoms with Crippen molar-refractivity contribution in [2.45, 2.75) is 5.37 Å². The van der Waals surface area contributed by atoms with Gasteiger partial charge in [0.05, 0.1) is 27.0 Å². The molecule has 0 saturated carbocycles. The lowest BCUT2D eigenvalue weighted by atomic mass is 10.1. The lowest BCUT2D eigenvalue weighted by Crippen LogP contribution is -2.31. The fraction of sp³-hybridized carbons (Fsp3) is 0.304. The van der Waals surface area contributed by atoms with Gasteiger partial charge in [-0.1, -0.05) is 12.1 Å². The van der Waals surface area contributed by atoms with Crippen LogP contribution in [0.5, 0.6) is 17.2 Å². The van der Waals surface area contributed by atoms with Crippen molar-refractivity contribution in [1.82, 2.24) is 14.7 Å². The molecule has 0 bridgehead atoms. The number of hydrogen-bond acceptors (Lipinski definition) is 6. The van der Waals surface area contributed by atoms with E-state index < -0.39 is 0 Å². The number of methoxy groups -OCH3 is 3.